The Labute approximate surface area is 116 Å². The number of carbonyl (C=O) groups excluding carboxylic acids is 1. The number of hydrogen-bond acceptors (Lipinski definition) is 4. The van der Waals surface area contributed by atoms with E-state index in [9.17, 15) is 24.9 Å². The molecule has 1 heterocycles. The number of carbonyl (C=O) groups is 2. The molecule has 0 bridgehead atoms. The normalized spacial score (nSPS) is 22.6. The summed E-state index contributed by atoms with van der Waals surface area (Å²) in [4.78, 5) is 25.0. The number of phenolic OH excluding ortho intramolecular Hbond substituents is 2. The summed E-state index contributed by atoms with van der Waals surface area (Å²) in [6.45, 7) is 2.12. The molecule has 1 aromatic rings. The van der Waals surface area contributed by atoms with Crippen LogP contribution in [-0.4, -0.2) is 44.7 Å². The highest BCUT2D eigenvalue weighted by Gasteiger charge is 2.38. The number of aromatic hydroxyl groups is 2. The molecule has 1 aliphatic rings. The number of benzene rings is 1. The highest BCUT2D eigenvalue weighted by atomic mass is 16.4. The molecule has 2 atom stereocenters. The first kappa shape index (κ1) is 14.2. The van der Waals surface area contributed by atoms with Crippen LogP contribution in [0.2, 0.25) is 0 Å². The molecule has 20 heavy (non-hydrogen) atoms. The standard InChI is InChI=1S/C14H17NO5/c1-8-4-3-7-15(11(8)14(19)20)13(18)9-5-2-6-10(16)12(9)17/h2,5-6,8,11,16-17H,3-4,7H2,1H3,(H,19,20). The first-order valence-electron chi connectivity index (χ1n) is 6.48. The summed E-state index contributed by atoms with van der Waals surface area (Å²) in [6, 6.07) is 3.17. The Morgan fingerprint density at radius 2 is 2.00 bits per heavy atom. The Balaban J connectivity index is 2.35. The van der Waals surface area contributed by atoms with Crippen molar-refractivity contribution in [2.45, 2.75) is 25.8 Å². The maximum absolute atomic E-state index is 12.4. The number of piperidine rings is 1. The zero-order valence-electron chi connectivity index (χ0n) is 11.1. The topological polar surface area (TPSA) is 98.1 Å². The van der Waals surface area contributed by atoms with Gasteiger partial charge in [0, 0.05) is 6.54 Å². The van der Waals surface area contributed by atoms with Crippen LogP contribution in [0.5, 0.6) is 11.5 Å². The number of rotatable bonds is 2. The first-order chi connectivity index (χ1) is 9.43. The smallest absolute Gasteiger partial charge is 0.326 e. The summed E-state index contributed by atoms with van der Waals surface area (Å²) in [7, 11) is 0. The monoisotopic (exact) mass is 279 g/mol. The third kappa shape index (κ3) is 2.41. The van der Waals surface area contributed by atoms with Crippen molar-refractivity contribution in [3.63, 3.8) is 0 Å². The lowest BCUT2D eigenvalue weighted by molar-refractivity contribution is -0.145. The predicted molar refractivity (Wildman–Crippen MR) is 70.6 cm³/mol. The second-order valence-electron chi connectivity index (χ2n) is 5.07. The van der Waals surface area contributed by atoms with Crippen LogP contribution in [0.15, 0.2) is 18.2 Å². The fourth-order valence-corrected chi connectivity index (χ4v) is 2.65. The molecule has 6 heteroatoms. The van der Waals surface area contributed by atoms with E-state index in [0.717, 1.165) is 12.8 Å². The van der Waals surface area contributed by atoms with Crippen LogP contribution < -0.4 is 0 Å². The molecule has 1 amide bonds. The molecule has 1 aromatic carbocycles. The molecule has 1 saturated heterocycles. The maximum Gasteiger partial charge on any atom is 0.326 e. The summed E-state index contributed by atoms with van der Waals surface area (Å²) >= 11 is 0. The first-order valence-corrected chi connectivity index (χ1v) is 6.48. The van der Waals surface area contributed by atoms with Crippen molar-refractivity contribution in [3.8, 4) is 11.5 Å². The van der Waals surface area contributed by atoms with Crippen molar-refractivity contribution in [1.29, 1.82) is 0 Å². The molecule has 0 saturated carbocycles. The second kappa shape index (κ2) is 5.40. The van der Waals surface area contributed by atoms with Gasteiger partial charge >= 0.3 is 5.97 Å². The Bertz CT molecular complexity index is 542. The number of aliphatic carboxylic acids is 1. The molecule has 1 fully saturated rings. The van der Waals surface area contributed by atoms with Crippen molar-refractivity contribution in [3.05, 3.63) is 23.8 Å². The zero-order valence-corrected chi connectivity index (χ0v) is 11.1. The number of amides is 1. The van der Waals surface area contributed by atoms with Crippen LogP contribution in [0.1, 0.15) is 30.1 Å². The summed E-state index contributed by atoms with van der Waals surface area (Å²) in [5.74, 6) is -2.68. The van der Waals surface area contributed by atoms with Gasteiger partial charge in [0.05, 0.1) is 5.56 Å². The highest BCUT2D eigenvalue weighted by molar-refractivity contribution is 5.99. The Morgan fingerprint density at radius 1 is 1.30 bits per heavy atom. The van der Waals surface area contributed by atoms with E-state index >= 15 is 0 Å². The van der Waals surface area contributed by atoms with Gasteiger partial charge in [-0.05, 0) is 30.9 Å². The van der Waals surface area contributed by atoms with Gasteiger partial charge < -0.3 is 20.2 Å². The number of hydrogen-bond donors (Lipinski definition) is 3. The summed E-state index contributed by atoms with van der Waals surface area (Å²) in [6.07, 6.45) is 1.46. The van der Waals surface area contributed by atoms with Gasteiger partial charge in [0.15, 0.2) is 11.5 Å². The van der Waals surface area contributed by atoms with Gasteiger partial charge in [-0.2, -0.15) is 0 Å². The minimum Gasteiger partial charge on any atom is -0.504 e. The van der Waals surface area contributed by atoms with Crippen molar-refractivity contribution in [1.82, 2.24) is 4.90 Å². The lowest BCUT2D eigenvalue weighted by atomic mass is 9.90. The van der Waals surface area contributed by atoms with Gasteiger partial charge in [-0.25, -0.2) is 4.79 Å². The number of phenols is 2. The lowest BCUT2D eigenvalue weighted by Crippen LogP contribution is -2.51. The number of carboxylic acid groups (broad SMARTS) is 1. The summed E-state index contributed by atoms with van der Waals surface area (Å²) in [5.41, 5.74) is -0.0784. The molecule has 0 aliphatic carbocycles. The van der Waals surface area contributed by atoms with Crippen LogP contribution in [0, 0.1) is 5.92 Å². The van der Waals surface area contributed by atoms with Crippen molar-refractivity contribution in [2.75, 3.05) is 6.54 Å². The fraction of sp³-hybridized carbons (Fsp3) is 0.429. The van der Waals surface area contributed by atoms with E-state index in [1.165, 1.54) is 23.1 Å². The van der Waals surface area contributed by atoms with Crippen LogP contribution in [0.25, 0.3) is 0 Å². The molecule has 2 unspecified atom stereocenters. The molecule has 0 aromatic heterocycles. The molecule has 6 nitrogen and oxygen atoms in total. The number of nitrogens with zero attached hydrogens (tertiary/aromatic N) is 1. The molecule has 0 spiro atoms. The molecular weight excluding hydrogens is 262 g/mol. The molecule has 2 rings (SSSR count). The van der Waals surface area contributed by atoms with Crippen molar-refractivity contribution < 1.29 is 24.9 Å². The third-order valence-corrected chi connectivity index (χ3v) is 3.69. The lowest BCUT2D eigenvalue weighted by Gasteiger charge is -2.37. The van der Waals surface area contributed by atoms with Crippen LogP contribution in [0.4, 0.5) is 0 Å². The number of carboxylic acids is 1. The van der Waals surface area contributed by atoms with Gasteiger partial charge in [-0.1, -0.05) is 13.0 Å². The third-order valence-electron chi connectivity index (χ3n) is 3.69. The molecule has 0 radical (unpaired) electrons. The quantitative estimate of drug-likeness (QED) is 0.711. The molecule has 3 N–H and O–H groups in total. The van der Waals surface area contributed by atoms with E-state index in [4.69, 9.17) is 0 Å². The van der Waals surface area contributed by atoms with Crippen molar-refractivity contribution in [2.24, 2.45) is 5.92 Å². The average Bonchev–Trinajstić information content (AvgIpc) is 2.40. The van der Waals surface area contributed by atoms with E-state index in [1.54, 1.807) is 6.92 Å². The molecular formula is C14H17NO5. The Morgan fingerprint density at radius 3 is 2.65 bits per heavy atom. The van der Waals surface area contributed by atoms with E-state index in [0.29, 0.717) is 6.54 Å². The number of para-hydroxylation sites is 1. The van der Waals surface area contributed by atoms with Gasteiger partial charge in [-0.3, -0.25) is 4.79 Å². The Hall–Kier alpha value is -2.24. The van der Waals surface area contributed by atoms with E-state index in [1.807, 2.05) is 0 Å². The fourth-order valence-electron chi connectivity index (χ4n) is 2.65. The highest BCUT2D eigenvalue weighted by Crippen LogP contribution is 2.32. The van der Waals surface area contributed by atoms with Gasteiger partial charge in [0.1, 0.15) is 6.04 Å². The largest absolute Gasteiger partial charge is 0.504 e. The van der Waals surface area contributed by atoms with Gasteiger partial charge in [0.25, 0.3) is 5.91 Å². The van der Waals surface area contributed by atoms with Crippen LogP contribution in [0.3, 0.4) is 0 Å². The SMILES string of the molecule is CC1CCCN(C(=O)c2cccc(O)c2O)C1C(=O)O. The number of likely N-dealkylation sites (tertiary alicyclic amines) is 1. The predicted octanol–water partition coefficient (Wildman–Crippen LogP) is 1.42. The average molecular weight is 279 g/mol. The minimum absolute atomic E-state index is 0.0784. The minimum atomic E-state index is -1.05. The molecule has 108 valence electrons. The van der Waals surface area contributed by atoms with E-state index < -0.39 is 29.4 Å². The van der Waals surface area contributed by atoms with Gasteiger partial charge in [0.2, 0.25) is 0 Å². The van der Waals surface area contributed by atoms with Gasteiger partial charge in [-0.15, -0.1) is 0 Å². The maximum atomic E-state index is 12.4. The van der Waals surface area contributed by atoms with E-state index in [2.05, 4.69) is 0 Å². The van der Waals surface area contributed by atoms with E-state index in [-0.39, 0.29) is 11.5 Å². The Kier molecular flexibility index (Phi) is 3.83. The van der Waals surface area contributed by atoms with Crippen LogP contribution >= 0.6 is 0 Å². The second-order valence-corrected chi connectivity index (χ2v) is 5.07. The van der Waals surface area contributed by atoms with Crippen LogP contribution in [-0.2, 0) is 4.79 Å². The summed E-state index contributed by atoms with van der Waals surface area (Å²) in [5, 5.41) is 28.5. The van der Waals surface area contributed by atoms with Crippen molar-refractivity contribution >= 4 is 11.9 Å². The molecule has 1 aliphatic heterocycles. The zero-order chi connectivity index (χ0) is 14.9. The summed E-state index contributed by atoms with van der Waals surface area (Å²) < 4.78 is 0.